The van der Waals surface area contributed by atoms with E-state index in [4.69, 9.17) is 10.5 Å². The van der Waals surface area contributed by atoms with Crippen LogP contribution >= 0.6 is 11.8 Å². The van der Waals surface area contributed by atoms with Crippen molar-refractivity contribution >= 4 is 23.6 Å². The largest absolute Gasteiger partial charge is 0.463 e. The van der Waals surface area contributed by atoms with Crippen LogP contribution in [0.25, 0.3) is 0 Å². The fourth-order valence-electron chi connectivity index (χ4n) is 1.19. The van der Waals surface area contributed by atoms with Crippen molar-refractivity contribution < 1.29 is 14.3 Å². The molecular formula is C12H24N2O3S. The molecule has 0 fully saturated rings. The summed E-state index contributed by atoms with van der Waals surface area (Å²) in [5.41, 5.74) is 5.70. The number of carbonyl (C=O) groups excluding carboxylic acids is 2. The van der Waals surface area contributed by atoms with Gasteiger partial charge in [-0.1, -0.05) is 6.92 Å². The first kappa shape index (κ1) is 17.2. The SMILES string of the molecule is CSCC[C@H](N)C(=O)NCC(C)C(=O)OC(C)C. The minimum atomic E-state index is -0.509. The highest BCUT2D eigenvalue weighted by atomic mass is 32.2. The molecule has 5 nitrogen and oxygen atoms in total. The number of esters is 1. The predicted molar refractivity (Wildman–Crippen MR) is 74.4 cm³/mol. The van der Waals surface area contributed by atoms with Crippen LogP contribution in [-0.2, 0) is 14.3 Å². The number of nitrogens with two attached hydrogens (primary N) is 1. The van der Waals surface area contributed by atoms with Crippen molar-refractivity contribution in [3.63, 3.8) is 0 Å². The molecule has 106 valence electrons. The Morgan fingerprint density at radius 2 is 1.94 bits per heavy atom. The first-order valence-electron chi connectivity index (χ1n) is 6.11. The van der Waals surface area contributed by atoms with Crippen LogP contribution in [0.15, 0.2) is 0 Å². The van der Waals surface area contributed by atoms with E-state index in [1.807, 2.05) is 6.26 Å². The summed E-state index contributed by atoms with van der Waals surface area (Å²) in [5.74, 6) is -0.0279. The normalized spacial score (nSPS) is 14.1. The van der Waals surface area contributed by atoms with Gasteiger partial charge in [0.25, 0.3) is 0 Å². The summed E-state index contributed by atoms with van der Waals surface area (Å²) in [4.78, 5) is 23.1. The Bertz CT molecular complexity index is 272. The number of amides is 1. The Kier molecular flexibility index (Phi) is 8.83. The standard InChI is InChI=1S/C12H24N2O3S/c1-8(2)17-12(16)9(3)7-14-11(15)10(13)5-6-18-4/h8-10H,5-7,13H2,1-4H3,(H,14,15)/t9?,10-/m0/s1. The quantitative estimate of drug-likeness (QED) is 0.640. The molecule has 0 saturated carbocycles. The molecule has 0 saturated heterocycles. The maximum absolute atomic E-state index is 11.6. The topological polar surface area (TPSA) is 81.4 Å². The maximum Gasteiger partial charge on any atom is 0.310 e. The average molecular weight is 276 g/mol. The Hall–Kier alpha value is -0.750. The lowest BCUT2D eigenvalue weighted by Gasteiger charge is -2.16. The second-order valence-electron chi connectivity index (χ2n) is 4.52. The molecule has 0 aromatic carbocycles. The van der Waals surface area contributed by atoms with Gasteiger partial charge in [-0.05, 0) is 32.3 Å². The van der Waals surface area contributed by atoms with Gasteiger partial charge in [0.1, 0.15) is 0 Å². The van der Waals surface area contributed by atoms with Gasteiger partial charge < -0.3 is 15.8 Å². The Morgan fingerprint density at radius 3 is 2.44 bits per heavy atom. The lowest BCUT2D eigenvalue weighted by atomic mass is 10.1. The molecule has 0 radical (unpaired) electrons. The van der Waals surface area contributed by atoms with Crippen LogP contribution in [0.2, 0.25) is 0 Å². The number of thioether (sulfide) groups is 1. The average Bonchev–Trinajstić information content (AvgIpc) is 2.31. The fraction of sp³-hybridized carbons (Fsp3) is 0.833. The zero-order valence-electron chi connectivity index (χ0n) is 11.6. The van der Waals surface area contributed by atoms with Crippen LogP contribution in [0.1, 0.15) is 27.2 Å². The summed E-state index contributed by atoms with van der Waals surface area (Å²) >= 11 is 1.65. The third-order valence-electron chi connectivity index (χ3n) is 2.31. The molecule has 0 aromatic heterocycles. The summed E-state index contributed by atoms with van der Waals surface area (Å²) < 4.78 is 5.04. The number of rotatable bonds is 8. The zero-order chi connectivity index (χ0) is 14.1. The van der Waals surface area contributed by atoms with E-state index in [0.717, 1.165) is 5.75 Å². The predicted octanol–water partition coefficient (Wildman–Crippen LogP) is 0.771. The number of carbonyl (C=O) groups is 2. The van der Waals surface area contributed by atoms with Crippen LogP contribution in [0.5, 0.6) is 0 Å². The van der Waals surface area contributed by atoms with Gasteiger partial charge in [0.05, 0.1) is 18.1 Å². The summed E-state index contributed by atoms with van der Waals surface area (Å²) in [6.07, 6.45) is 2.46. The van der Waals surface area contributed by atoms with Crippen molar-refractivity contribution in [2.45, 2.75) is 39.3 Å². The third-order valence-corrected chi connectivity index (χ3v) is 2.95. The molecule has 3 N–H and O–H groups in total. The summed E-state index contributed by atoms with van der Waals surface area (Å²) in [6.45, 7) is 5.57. The van der Waals surface area contributed by atoms with Crippen LogP contribution in [0, 0.1) is 5.92 Å². The second-order valence-corrected chi connectivity index (χ2v) is 5.51. The van der Waals surface area contributed by atoms with E-state index in [1.165, 1.54) is 0 Å². The summed E-state index contributed by atoms with van der Waals surface area (Å²) in [6, 6.07) is -0.509. The molecule has 0 spiro atoms. The number of ether oxygens (including phenoxy) is 1. The van der Waals surface area contributed by atoms with Crippen molar-refractivity contribution in [2.75, 3.05) is 18.6 Å². The van der Waals surface area contributed by atoms with Crippen molar-refractivity contribution in [3.05, 3.63) is 0 Å². The number of nitrogens with one attached hydrogen (secondary N) is 1. The Balaban J connectivity index is 3.93. The van der Waals surface area contributed by atoms with E-state index < -0.39 is 6.04 Å². The third kappa shape index (κ3) is 7.55. The molecule has 0 aliphatic heterocycles. The summed E-state index contributed by atoms with van der Waals surface area (Å²) in [7, 11) is 0. The monoisotopic (exact) mass is 276 g/mol. The van der Waals surface area contributed by atoms with Gasteiger partial charge in [-0.15, -0.1) is 0 Å². The lowest BCUT2D eigenvalue weighted by molar-refractivity contribution is -0.151. The van der Waals surface area contributed by atoms with Crippen molar-refractivity contribution in [1.29, 1.82) is 0 Å². The smallest absolute Gasteiger partial charge is 0.310 e. The molecule has 0 rings (SSSR count). The molecule has 0 aliphatic carbocycles. The highest BCUT2D eigenvalue weighted by Gasteiger charge is 2.18. The Morgan fingerprint density at radius 1 is 1.33 bits per heavy atom. The first-order valence-corrected chi connectivity index (χ1v) is 7.50. The zero-order valence-corrected chi connectivity index (χ0v) is 12.4. The van der Waals surface area contributed by atoms with Gasteiger partial charge in [0, 0.05) is 6.54 Å². The molecule has 18 heavy (non-hydrogen) atoms. The van der Waals surface area contributed by atoms with Gasteiger partial charge in [-0.3, -0.25) is 9.59 Å². The van der Waals surface area contributed by atoms with Gasteiger partial charge in [0.15, 0.2) is 0 Å². The van der Waals surface area contributed by atoms with E-state index in [1.54, 1.807) is 32.5 Å². The second kappa shape index (κ2) is 9.22. The molecule has 0 heterocycles. The molecule has 1 unspecified atom stereocenters. The molecule has 0 aromatic rings. The number of hydrogen-bond donors (Lipinski definition) is 2. The summed E-state index contributed by atoms with van der Waals surface area (Å²) in [5, 5.41) is 2.67. The van der Waals surface area contributed by atoms with Crippen LogP contribution < -0.4 is 11.1 Å². The van der Waals surface area contributed by atoms with E-state index in [-0.39, 0.29) is 30.4 Å². The van der Waals surface area contributed by atoms with Crippen molar-refractivity contribution in [1.82, 2.24) is 5.32 Å². The van der Waals surface area contributed by atoms with Crippen molar-refractivity contribution in [3.8, 4) is 0 Å². The fourth-order valence-corrected chi connectivity index (χ4v) is 1.68. The minimum absolute atomic E-state index is 0.139. The first-order chi connectivity index (χ1) is 8.38. The number of hydrogen-bond acceptors (Lipinski definition) is 5. The maximum atomic E-state index is 11.6. The van der Waals surface area contributed by atoms with Crippen LogP contribution in [-0.4, -0.2) is 42.6 Å². The van der Waals surface area contributed by atoms with E-state index in [2.05, 4.69) is 5.32 Å². The van der Waals surface area contributed by atoms with E-state index >= 15 is 0 Å². The van der Waals surface area contributed by atoms with Gasteiger partial charge in [-0.25, -0.2) is 0 Å². The van der Waals surface area contributed by atoms with Crippen LogP contribution in [0.4, 0.5) is 0 Å². The van der Waals surface area contributed by atoms with Gasteiger partial charge in [-0.2, -0.15) is 11.8 Å². The molecule has 0 bridgehead atoms. The van der Waals surface area contributed by atoms with E-state index in [0.29, 0.717) is 6.42 Å². The molecular weight excluding hydrogens is 252 g/mol. The molecule has 0 aliphatic rings. The molecule has 6 heteroatoms. The van der Waals surface area contributed by atoms with Gasteiger partial charge >= 0.3 is 5.97 Å². The molecule has 2 atom stereocenters. The minimum Gasteiger partial charge on any atom is -0.463 e. The lowest BCUT2D eigenvalue weighted by Crippen LogP contribution is -2.43. The highest BCUT2D eigenvalue weighted by Crippen LogP contribution is 2.02. The molecule has 1 amide bonds. The Labute approximate surface area is 113 Å². The van der Waals surface area contributed by atoms with Crippen LogP contribution in [0.3, 0.4) is 0 Å². The van der Waals surface area contributed by atoms with E-state index in [9.17, 15) is 9.59 Å². The van der Waals surface area contributed by atoms with Crippen molar-refractivity contribution in [2.24, 2.45) is 11.7 Å². The van der Waals surface area contributed by atoms with Gasteiger partial charge in [0.2, 0.25) is 5.91 Å². The highest BCUT2D eigenvalue weighted by molar-refractivity contribution is 7.98.